The van der Waals surface area contributed by atoms with E-state index < -0.39 is 29.6 Å². The molecular weight excluding hydrogens is 344 g/mol. The molecule has 2 fully saturated rings. The molecule has 1 amide bonds. The van der Waals surface area contributed by atoms with Gasteiger partial charge in [-0.05, 0) is 43.4 Å². The SMILES string of the molecule is O=C(O)N1CCCC1CNC1(c2ccc(F)c(OC(F)(F)F)c2)CC1. The number of carboxylic acid groups (broad SMARTS) is 1. The third kappa shape index (κ3) is 3.97. The van der Waals surface area contributed by atoms with Crippen LogP contribution in [0.3, 0.4) is 0 Å². The number of benzene rings is 1. The van der Waals surface area contributed by atoms with E-state index in [4.69, 9.17) is 5.11 Å². The number of nitrogens with one attached hydrogen (secondary N) is 1. The Kier molecular flexibility index (Phi) is 4.52. The van der Waals surface area contributed by atoms with Crippen molar-refractivity contribution < 1.29 is 32.2 Å². The third-order valence-corrected chi connectivity index (χ3v) is 4.76. The summed E-state index contributed by atoms with van der Waals surface area (Å²) in [4.78, 5) is 12.5. The second kappa shape index (κ2) is 6.36. The summed E-state index contributed by atoms with van der Waals surface area (Å²) >= 11 is 0. The van der Waals surface area contributed by atoms with Gasteiger partial charge in [0.25, 0.3) is 0 Å². The standard InChI is InChI=1S/C16H18F4N2O3/c17-12-4-3-10(8-13(12)25-16(18,19)20)15(5-6-15)21-9-11-2-1-7-22(11)14(23)24/h3-4,8,11,21H,1-2,5-7,9H2,(H,23,24). The van der Waals surface area contributed by atoms with Gasteiger partial charge in [-0.15, -0.1) is 13.2 Å². The van der Waals surface area contributed by atoms with E-state index in [1.807, 2.05) is 0 Å². The van der Waals surface area contributed by atoms with Gasteiger partial charge in [0.2, 0.25) is 0 Å². The minimum atomic E-state index is -4.96. The van der Waals surface area contributed by atoms with Crippen LogP contribution in [0.25, 0.3) is 0 Å². The summed E-state index contributed by atoms with van der Waals surface area (Å²) in [6.45, 7) is 0.883. The van der Waals surface area contributed by atoms with Crippen LogP contribution >= 0.6 is 0 Å². The predicted molar refractivity (Wildman–Crippen MR) is 79.8 cm³/mol. The summed E-state index contributed by atoms with van der Waals surface area (Å²) in [5, 5.41) is 12.4. The Morgan fingerprint density at radius 2 is 2.12 bits per heavy atom. The third-order valence-electron chi connectivity index (χ3n) is 4.76. The van der Waals surface area contributed by atoms with E-state index in [1.54, 1.807) is 0 Å². The van der Waals surface area contributed by atoms with Crippen molar-refractivity contribution in [3.8, 4) is 5.75 Å². The van der Waals surface area contributed by atoms with Crippen molar-refractivity contribution in [3.05, 3.63) is 29.6 Å². The lowest BCUT2D eigenvalue weighted by molar-refractivity contribution is -0.275. The molecule has 1 saturated carbocycles. The van der Waals surface area contributed by atoms with Crippen molar-refractivity contribution in [2.75, 3.05) is 13.1 Å². The van der Waals surface area contributed by atoms with Gasteiger partial charge in [-0.1, -0.05) is 6.07 Å². The molecular formula is C16H18F4N2O3. The highest BCUT2D eigenvalue weighted by Gasteiger charge is 2.45. The van der Waals surface area contributed by atoms with Gasteiger partial charge in [0.1, 0.15) is 0 Å². The van der Waals surface area contributed by atoms with Gasteiger partial charge >= 0.3 is 12.5 Å². The Bertz CT molecular complexity index is 661. The fourth-order valence-corrected chi connectivity index (χ4v) is 3.31. The molecule has 0 bridgehead atoms. The number of hydrogen-bond acceptors (Lipinski definition) is 3. The first-order valence-electron chi connectivity index (χ1n) is 8.01. The predicted octanol–water partition coefficient (Wildman–Crippen LogP) is 3.45. The first-order chi connectivity index (χ1) is 11.7. The van der Waals surface area contributed by atoms with E-state index in [0.717, 1.165) is 25.0 Å². The summed E-state index contributed by atoms with van der Waals surface area (Å²) in [6, 6.07) is 3.28. The molecule has 1 atom stereocenters. The van der Waals surface area contributed by atoms with E-state index in [2.05, 4.69) is 10.1 Å². The van der Waals surface area contributed by atoms with Crippen LogP contribution in [0.15, 0.2) is 18.2 Å². The molecule has 5 nitrogen and oxygen atoms in total. The number of carbonyl (C=O) groups is 1. The van der Waals surface area contributed by atoms with Gasteiger partial charge in [-0.2, -0.15) is 0 Å². The number of nitrogens with zero attached hydrogens (tertiary/aromatic N) is 1. The fraction of sp³-hybridized carbons (Fsp3) is 0.562. The van der Waals surface area contributed by atoms with Gasteiger partial charge in [0.15, 0.2) is 11.6 Å². The number of likely N-dealkylation sites (tertiary alicyclic amines) is 1. The summed E-state index contributed by atoms with van der Waals surface area (Å²) in [6.07, 6.45) is -3.05. The Morgan fingerprint density at radius 1 is 1.40 bits per heavy atom. The molecule has 1 unspecified atom stereocenters. The van der Waals surface area contributed by atoms with Gasteiger partial charge in [-0.3, -0.25) is 0 Å². The van der Waals surface area contributed by atoms with Gasteiger partial charge < -0.3 is 20.1 Å². The molecule has 1 aliphatic heterocycles. The molecule has 1 aromatic rings. The van der Waals surface area contributed by atoms with Crippen molar-refractivity contribution in [3.63, 3.8) is 0 Å². The van der Waals surface area contributed by atoms with E-state index in [-0.39, 0.29) is 6.04 Å². The first-order valence-corrected chi connectivity index (χ1v) is 8.01. The molecule has 9 heteroatoms. The maximum absolute atomic E-state index is 13.6. The summed E-state index contributed by atoms with van der Waals surface area (Å²) in [7, 11) is 0. The highest BCUT2D eigenvalue weighted by Crippen LogP contribution is 2.47. The van der Waals surface area contributed by atoms with Crippen LogP contribution in [0, 0.1) is 5.82 Å². The fourth-order valence-electron chi connectivity index (χ4n) is 3.31. The maximum Gasteiger partial charge on any atom is 0.573 e. The smallest absolute Gasteiger partial charge is 0.465 e. The van der Waals surface area contributed by atoms with Crippen LogP contribution in [0.2, 0.25) is 0 Å². The second-order valence-corrected chi connectivity index (χ2v) is 6.43. The van der Waals surface area contributed by atoms with Crippen LogP contribution in [-0.2, 0) is 5.54 Å². The van der Waals surface area contributed by atoms with Crippen LogP contribution < -0.4 is 10.1 Å². The van der Waals surface area contributed by atoms with Crippen molar-refractivity contribution in [1.29, 1.82) is 0 Å². The Morgan fingerprint density at radius 3 is 2.72 bits per heavy atom. The molecule has 0 radical (unpaired) electrons. The molecule has 138 valence electrons. The van der Waals surface area contributed by atoms with Gasteiger partial charge in [-0.25, -0.2) is 9.18 Å². The Balaban J connectivity index is 1.71. The van der Waals surface area contributed by atoms with E-state index >= 15 is 0 Å². The number of rotatable bonds is 5. The quantitative estimate of drug-likeness (QED) is 0.788. The zero-order valence-electron chi connectivity index (χ0n) is 13.3. The molecule has 1 aliphatic carbocycles. The number of halogens is 4. The van der Waals surface area contributed by atoms with Crippen LogP contribution in [0.5, 0.6) is 5.75 Å². The largest absolute Gasteiger partial charge is 0.573 e. The molecule has 1 saturated heterocycles. The zero-order chi connectivity index (χ0) is 18.2. The van der Waals surface area contributed by atoms with Crippen LogP contribution in [-0.4, -0.2) is 41.6 Å². The average Bonchev–Trinajstić information content (AvgIpc) is 3.15. The van der Waals surface area contributed by atoms with Gasteiger partial charge in [0, 0.05) is 24.7 Å². The number of alkyl halides is 3. The van der Waals surface area contributed by atoms with Crippen molar-refractivity contribution in [2.24, 2.45) is 0 Å². The Labute approximate surface area is 141 Å². The minimum absolute atomic E-state index is 0.165. The van der Waals surface area contributed by atoms with Crippen LogP contribution in [0.1, 0.15) is 31.2 Å². The van der Waals surface area contributed by atoms with E-state index in [0.29, 0.717) is 31.5 Å². The lowest BCUT2D eigenvalue weighted by Crippen LogP contribution is -2.44. The van der Waals surface area contributed by atoms with Crippen molar-refractivity contribution >= 4 is 6.09 Å². The average molecular weight is 362 g/mol. The molecule has 2 N–H and O–H groups in total. The second-order valence-electron chi connectivity index (χ2n) is 6.43. The highest BCUT2D eigenvalue weighted by molar-refractivity contribution is 5.65. The van der Waals surface area contributed by atoms with Gasteiger partial charge in [0.05, 0.1) is 0 Å². The number of hydrogen-bond donors (Lipinski definition) is 2. The summed E-state index contributed by atoms with van der Waals surface area (Å²) in [5.74, 6) is -1.93. The maximum atomic E-state index is 13.6. The van der Waals surface area contributed by atoms with Crippen LogP contribution in [0.4, 0.5) is 22.4 Å². The molecule has 3 rings (SSSR count). The molecule has 0 aromatic heterocycles. The Hall–Kier alpha value is -2.03. The lowest BCUT2D eigenvalue weighted by Gasteiger charge is -2.26. The minimum Gasteiger partial charge on any atom is -0.465 e. The molecule has 25 heavy (non-hydrogen) atoms. The lowest BCUT2D eigenvalue weighted by atomic mass is 10.0. The monoisotopic (exact) mass is 362 g/mol. The van der Waals surface area contributed by atoms with Crippen molar-refractivity contribution in [2.45, 2.75) is 43.6 Å². The first kappa shape index (κ1) is 17.8. The highest BCUT2D eigenvalue weighted by atomic mass is 19.4. The molecule has 1 aromatic carbocycles. The molecule has 2 aliphatic rings. The van der Waals surface area contributed by atoms with E-state index in [1.165, 1.54) is 11.0 Å². The summed E-state index contributed by atoms with van der Waals surface area (Å²) in [5.41, 5.74) is -0.0440. The normalized spacial score (nSPS) is 22.1. The topological polar surface area (TPSA) is 61.8 Å². The number of amides is 1. The molecule has 1 heterocycles. The summed E-state index contributed by atoms with van der Waals surface area (Å²) < 4.78 is 54.4. The number of ether oxygens (including phenoxy) is 1. The zero-order valence-corrected chi connectivity index (χ0v) is 13.3. The molecule has 0 spiro atoms. The van der Waals surface area contributed by atoms with E-state index in [9.17, 15) is 22.4 Å². The van der Waals surface area contributed by atoms with Crippen molar-refractivity contribution in [1.82, 2.24) is 10.2 Å².